The molecular formula is C15H17F2N3. The molecule has 1 aromatic heterocycles. The Bertz CT molecular complexity index is 587. The van der Waals surface area contributed by atoms with Crippen molar-refractivity contribution in [2.45, 2.75) is 13.5 Å². The Morgan fingerprint density at radius 1 is 1.20 bits per heavy atom. The van der Waals surface area contributed by atoms with Crippen LogP contribution in [0.1, 0.15) is 12.5 Å². The van der Waals surface area contributed by atoms with Crippen molar-refractivity contribution in [2.75, 3.05) is 18.5 Å². The minimum Gasteiger partial charge on any atom is -0.326 e. The van der Waals surface area contributed by atoms with Crippen molar-refractivity contribution in [1.29, 1.82) is 0 Å². The fraction of sp³-hybridized carbons (Fsp3) is 0.267. The summed E-state index contributed by atoms with van der Waals surface area (Å²) >= 11 is 0. The van der Waals surface area contributed by atoms with Gasteiger partial charge in [-0.3, -0.25) is 0 Å². The summed E-state index contributed by atoms with van der Waals surface area (Å²) in [5.41, 5.74) is 1.43. The Morgan fingerprint density at radius 2 is 2.00 bits per heavy atom. The van der Waals surface area contributed by atoms with Gasteiger partial charge in [0.1, 0.15) is 17.5 Å². The van der Waals surface area contributed by atoms with E-state index in [1.54, 1.807) is 19.2 Å². The molecule has 1 N–H and O–H groups in total. The molecule has 1 aromatic carbocycles. The van der Waals surface area contributed by atoms with E-state index in [4.69, 9.17) is 0 Å². The molecule has 5 heteroatoms. The van der Waals surface area contributed by atoms with Gasteiger partial charge in [-0.2, -0.15) is 0 Å². The predicted molar refractivity (Wildman–Crippen MR) is 76.0 cm³/mol. The number of hydrogen-bond acceptors (Lipinski definition) is 3. The minimum absolute atomic E-state index is 0.307. The lowest BCUT2D eigenvalue weighted by molar-refractivity contribution is 0.615. The summed E-state index contributed by atoms with van der Waals surface area (Å²) < 4.78 is 26.7. The van der Waals surface area contributed by atoms with Crippen molar-refractivity contribution in [2.24, 2.45) is 0 Å². The largest absolute Gasteiger partial charge is 0.326 e. The van der Waals surface area contributed by atoms with Crippen LogP contribution in [0.25, 0.3) is 0 Å². The molecule has 0 bridgehead atoms. The summed E-state index contributed by atoms with van der Waals surface area (Å²) in [5.74, 6) is -0.0543. The van der Waals surface area contributed by atoms with Gasteiger partial charge in [0.05, 0.1) is 6.20 Å². The van der Waals surface area contributed by atoms with Crippen molar-refractivity contribution < 1.29 is 8.78 Å². The molecule has 1 heterocycles. The van der Waals surface area contributed by atoms with Crippen molar-refractivity contribution in [1.82, 2.24) is 10.3 Å². The van der Waals surface area contributed by atoms with Crippen LogP contribution in [-0.4, -0.2) is 18.6 Å². The first-order chi connectivity index (χ1) is 9.65. The van der Waals surface area contributed by atoms with E-state index in [9.17, 15) is 8.78 Å². The molecule has 0 saturated heterocycles. The standard InChI is InChI=1S/C15H17F2N3/c1-3-20(14-6-4-5-12(16)8-14)15-11(9-18-2)7-13(17)10-19-15/h4-8,10,18H,3,9H2,1-2H3. The van der Waals surface area contributed by atoms with Crippen LogP contribution < -0.4 is 10.2 Å². The second-order valence-corrected chi connectivity index (χ2v) is 4.39. The lowest BCUT2D eigenvalue weighted by Gasteiger charge is -2.24. The second-order valence-electron chi connectivity index (χ2n) is 4.39. The lowest BCUT2D eigenvalue weighted by atomic mass is 10.2. The molecular weight excluding hydrogens is 260 g/mol. The normalized spacial score (nSPS) is 10.6. The van der Waals surface area contributed by atoms with Crippen molar-refractivity contribution in [3.8, 4) is 0 Å². The highest BCUT2D eigenvalue weighted by molar-refractivity contribution is 5.62. The molecule has 3 nitrogen and oxygen atoms in total. The fourth-order valence-corrected chi connectivity index (χ4v) is 2.14. The molecule has 0 radical (unpaired) electrons. The SMILES string of the molecule is CCN(c1cccc(F)c1)c1ncc(F)cc1CNC. The third-order valence-electron chi connectivity index (χ3n) is 2.97. The molecule has 106 valence electrons. The monoisotopic (exact) mass is 277 g/mol. The number of rotatable bonds is 5. The Balaban J connectivity index is 2.46. The van der Waals surface area contributed by atoms with Crippen LogP contribution in [0.2, 0.25) is 0 Å². The summed E-state index contributed by atoms with van der Waals surface area (Å²) in [5, 5.41) is 2.99. The number of hydrogen-bond donors (Lipinski definition) is 1. The van der Waals surface area contributed by atoms with Crippen LogP contribution >= 0.6 is 0 Å². The number of pyridine rings is 1. The van der Waals surface area contributed by atoms with Crippen LogP contribution in [0.15, 0.2) is 36.5 Å². The van der Waals surface area contributed by atoms with Crippen molar-refractivity contribution in [3.05, 3.63) is 53.7 Å². The highest BCUT2D eigenvalue weighted by Crippen LogP contribution is 2.27. The molecule has 0 saturated carbocycles. The van der Waals surface area contributed by atoms with Gasteiger partial charge in [-0.05, 0) is 38.2 Å². The van der Waals surface area contributed by atoms with Crippen LogP contribution in [0, 0.1) is 11.6 Å². The lowest BCUT2D eigenvalue weighted by Crippen LogP contribution is -2.21. The maximum absolute atomic E-state index is 13.4. The topological polar surface area (TPSA) is 28.2 Å². The molecule has 0 unspecified atom stereocenters. The highest BCUT2D eigenvalue weighted by Gasteiger charge is 2.14. The molecule has 0 aliphatic carbocycles. The summed E-state index contributed by atoms with van der Waals surface area (Å²) in [4.78, 5) is 6.02. The minimum atomic E-state index is -0.380. The number of halogens is 2. The maximum Gasteiger partial charge on any atom is 0.141 e. The first kappa shape index (κ1) is 14.4. The predicted octanol–water partition coefficient (Wildman–Crippen LogP) is 3.24. The third-order valence-corrected chi connectivity index (χ3v) is 2.97. The van der Waals surface area contributed by atoms with Crippen LogP contribution in [-0.2, 0) is 6.54 Å². The summed E-state index contributed by atoms with van der Waals surface area (Å²) in [6.45, 7) is 3.05. The van der Waals surface area contributed by atoms with Gasteiger partial charge in [0, 0.05) is 24.3 Å². The average Bonchev–Trinajstić information content (AvgIpc) is 2.42. The van der Waals surface area contributed by atoms with E-state index in [-0.39, 0.29) is 11.6 Å². The van der Waals surface area contributed by atoms with Crippen LogP contribution in [0.5, 0.6) is 0 Å². The maximum atomic E-state index is 13.4. The fourth-order valence-electron chi connectivity index (χ4n) is 2.14. The number of nitrogens with one attached hydrogen (secondary N) is 1. The van der Waals surface area contributed by atoms with Gasteiger partial charge < -0.3 is 10.2 Å². The van der Waals surface area contributed by atoms with E-state index in [0.717, 1.165) is 5.56 Å². The number of aromatic nitrogens is 1. The molecule has 0 aliphatic heterocycles. The zero-order valence-corrected chi connectivity index (χ0v) is 11.5. The van der Waals surface area contributed by atoms with E-state index in [2.05, 4.69) is 10.3 Å². The average molecular weight is 277 g/mol. The molecule has 0 spiro atoms. The Hall–Kier alpha value is -2.01. The quantitative estimate of drug-likeness (QED) is 0.909. The first-order valence-corrected chi connectivity index (χ1v) is 6.47. The molecule has 0 atom stereocenters. The number of nitrogens with zero attached hydrogens (tertiary/aromatic N) is 2. The first-order valence-electron chi connectivity index (χ1n) is 6.47. The van der Waals surface area contributed by atoms with Gasteiger partial charge in [-0.15, -0.1) is 0 Å². The summed E-state index contributed by atoms with van der Waals surface area (Å²) in [6.07, 6.45) is 1.18. The van der Waals surface area contributed by atoms with E-state index < -0.39 is 0 Å². The van der Waals surface area contributed by atoms with Gasteiger partial charge in [0.2, 0.25) is 0 Å². The Labute approximate surface area is 117 Å². The van der Waals surface area contributed by atoms with Crippen LogP contribution in [0.3, 0.4) is 0 Å². The van der Waals surface area contributed by atoms with Crippen molar-refractivity contribution >= 4 is 11.5 Å². The number of benzene rings is 1. The Morgan fingerprint density at radius 3 is 2.65 bits per heavy atom. The highest BCUT2D eigenvalue weighted by atomic mass is 19.1. The van der Waals surface area contributed by atoms with Gasteiger partial charge >= 0.3 is 0 Å². The molecule has 0 fully saturated rings. The molecule has 0 aliphatic rings. The van der Waals surface area contributed by atoms with Crippen LogP contribution in [0.4, 0.5) is 20.3 Å². The molecule has 2 aromatic rings. The van der Waals surface area contributed by atoms with Gasteiger partial charge in [0.15, 0.2) is 0 Å². The Kier molecular flexibility index (Phi) is 4.63. The van der Waals surface area contributed by atoms with Crippen molar-refractivity contribution in [3.63, 3.8) is 0 Å². The molecule has 0 amide bonds. The summed E-state index contributed by atoms with van der Waals surface area (Å²) in [6, 6.07) is 7.73. The van der Waals surface area contributed by atoms with Gasteiger partial charge in [0.25, 0.3) is 0 Å². The van der Waals surface area contributed by atoms with E-state index in [0.29, 0.717) is 24.6 Å². The van der Waals surface area contributed by atoms with Gasteiger partial charge in [-0.25, -0.2) is 13.8 Å². The smallest absolute Gasteiger partial charge is 0.141 e. The third kappa shape index (κ3) is 3.11. The number of anilines is 2. The second kappa shape index (κ2) is 6.43. The molecule has 2 rings (SSSR count). The molecule has 20 heavy (non-hydrogen) atoms. The summed E-state index contributed by atoms with van der Waals surface area (Å²) in [7, 11) is 1.78. The van der Waals surface area contributed by atoms with E-state index in [1.807, 2.05) is 11.8 Å². The zero-order chi connectivity index (χ0) is 14.5. The van der Waals surface area contributed by atoms with Gasteiger partial charge in [-0.1, -0.05) is 6.07 Å². The zero-order valence-electron chi connectivity index (χ0n) is 11.5. The van der Waals surface area contributed by atoms with E-state index in [1.165, 1.54) is 24.4 Å². The van der Waals surface area contributed by atoms with E-state index >= 15 is 0 Å².